The van der Waals surface area contributed by atoms with Crippen molar-refractivity contribution < 1.29 is 34.1 Å². The summed E-state index contributed by atoms with van der Waals surface area (Å²) >= 11 is 3.65. The molecule has 12 heteroatoms. The highest BCUT2D eigenvalue weighted by Crippen LogP contribution is 2.60. The highest BCUT2D eigenvalue weighted by Gasteiger charge is 2.66. The maximum atomic E-state index is 15.0. The summed E-state index contributed by atoms with van der Waals surface area (Å²) < 4.78 is 13.4. The number of carbonyl (C=O) groups excluding carboxylic acids is 3. The van der Waals surface area contributed by atoms with E-state index >= 15 is 4.79 Å². The third-order valence-electron chi connectivity index (χ3n) is 11.0. The van der Waals surface area contributed by atoms with Crippen LogP contribution in [0, 0.1) is 5.92 Å². The molecule has 10 nitrogen and oxygen atoms in total. The number of likely N-dealkylation sites (tertiary alicyclic amines) is 1. The molecule has 0 radical (unpaired) electrons. The molecule has 50 heavy (non-hydrogen) atoms. The largest absolute Gasteiger partial charge is 0.497 e. The van der Waals surface area contributed by atoms with E-state index in [-0.39, 0.29) is 48.9 Å². The Bertz CT molecular complexity index is 1750. The SMILES string of the molecule is COc1ccc([Si](C)(C)[C@@H]2[C@@H](CC(=O)N3CCC[C@H]3CO)O[C@]3(C(=O)N(Cc4ccc(NC(=O)[C@H](C)O)cc4)c4ccc(Br)cc43)[C@H]2C)cc1. The first-order valence-electron chi connectivity index (χ1n) is 17.2. The molecule has 6 atom stereocenters. The molecule has 0 aliphatic carbocycles. The number of methoxy groups -OCH3 is 1. The van der Waals surface area contributed by atoms with E-state index in [9.17, 15) is 19.8 Å². The summed E-state index contributed by atoms with van der Waals surface area (Å²) in [5, 5.41) is 23.5. The van der Waals surface area contributed by atoms with E-state index in [0.717, 1.165) is 39.9 Å². The van der Waals surface area contributed by atoms with Crippen molar-refractivity contribution in [1.29, 1.82) is 0 Å². The lowest BCUT2D eigenvalue weighted by atomic mass is 9.82. The maximum absolute atomic E-state index is 15.0. The van der Waals surface area contributed by atoms with E-state index in [1.165, 1.54) is 12.1 Å². The molecule has 1 spiro atoms. The summed E-state index contributed by atoms with van der Waals surface area (Å²) in [5.74, 6) is -0.236. The first-order valence-corrected chi connectivity index (χ1v) is 21.1. The number of rotatable bonds is 10. The van der Waals surface area contributed by atoms with E-state index in [4.69, 9.17) is 9.47 Å². The van der Waals surface area contributed by atoms with Crippen LogP contribution < -0.4 is 20.1 Å². The van der Waals surface area contributed by atoms with Gasteiger partial charge in [0, 0.05) is 28.2 Å². The lowest BCUT2D eigenvalue weighted by Crippen LogP contribution is -2.52. The fraction of sp³-hybridized carbons (Fsp3) is 0.447. The Morgan fingerprint density at radius 3 is 2.46 bits per heavy atom. The molecule has 3 aliphatic rings. The number of benzene rings is 3. The molecule has 3 aromatic rings. The Morgan fingerprint density at radius 1 is 1.12 bits per heavy atom. The van der Waals surface area contributed by atoms with Gasteiger partial charge in [-0.25, -0.2) is 0 Å². The van der Waals surface area contributed by atoms with Crippen molar-refractivity contribution in [3.63, 3.8) is 0 Å². The standard InChI is InChI=1S/C38H46BrN3O7Si/c1-23-35(50(4,5)30-15-13-29(48-3)14-16-30)33(20-34(45)41-18-6-7-28(41)22-43)49-38(23)31-19-26(39)10-17-32(31)42(37(38)47)21-25-8-11-27(12-9-25)40-36(46)24(2)44/h8-17,19,23-24,28,33,35,43-44H,6-7,18,20-22H2,1-5H3,(H,40,46)/t23-,24-,28-,33+,35-,38+/m0/s1. The number of nitrogens with one attached hydrogen (secondary N) is 1. The van der Waals surface area contributed by atoms with Gasteiger partial charge in [-0.15, -0.1) is 0 Å². The average Bonchev–Trinajstić information content (AvgIpc) is 3.76. The highest BCUT2D eigenvalue weighted by molar-refractivity contribution is 9.10. The second-order valence-electron chi connectivity index (χ2n) is 14.3. The van der Waals surface area contributed by atoms with Gasteiger partial charge in [-0.2, -0.15) is 0 Å². The van der Waals surface area contributed by atoms with E-state index in [1.54, 1.807) is 29.0 Å². The average molecular weight is 765 g/mol. The number of aliphatic hydroxyl groups excluding tert-OH is 2. The van der Waals surface area contributed by atoms with Gasteiger partial charge in [0.2, 0.25) is 5.91 Å². The fourth-order valence-corrected chi connectivity index (χ4v) is 12.8. The molecule has 266 valence electrons. The molecule has 2 saturated heterocycles. The van der Waals surface area contributed by atoms with Gasteiger partial charge in [0.25, 0.3) is 11.8 Å². The predicted molar refractivity (Wildman–Crippen MR) is 198 cm³/mol. The van der Waals surface area contributed by atoms with Gasteiger partial charge < -0.3 is 34.8 Å². The van der Waals surface area contributed by atoms with Crippen molar-refractivity contribution >= 4 is 58.3 Å². The molecular formula is C38H46BrN3O7Si. The summed E-state index contributed by atoms with van der Waals surface area (Å²) in [7, 11) is -0.814. The third-order valence-corrected chi connectivity index (χ3v) is 15.9. The first kappa shape index (κ1) is 36.2. The molecule has 3 aliphatic heterocycles. The van der Waals surface area contributed by atoms with Crippen LogP contribution in [-0.2, 0) is 31.3 Å². The number of carbonyl (C=O) groups is 3. The molecule has 0 saturated carbocycles. The van der Waals surface area contributed by atoms with Crippen molar-refractivity contribution in [2.24, 2.45) is 5.92 Å². The van der Waals surface area contributed by atoms with Gasteiger partial charge in [0.1, 0.15) is 11.9 Å². The Balaban J connectivity index is 1.38. The van der Waals surface area contributed by atoms with Gasteiger partial charge in [0.15, 0.2) is 5.60 Å². The quantitative estimate of drug-likeness (QED) is 0.251. The zero-order chi connectivity index (χ0) is 36.0. The van der Waals surface area contributed by atoms with Crippen molar-refractivity contribution in [2.75, 3.05) is 30.5 Å². The van der Waals surface area contributed by atoms with Gasteiger partial charge in [-0.3, -0.25) is 14.4 Å². The third kappa shape index (κ3) is 6.41. The van der Waals surface area contributed by atoms with Gasteiger partial charge in [-0.05, 0) is 73.3 Å². The minimum atomic E-state index is -2.46. The molecule has 0 unspecified atom stereocenters. The number of amides is 3. The van der Waals surface area contributed by atoms with Crippen molar-refractivity contribution in [3.8, 4) is 5.75 Å². The first-order chi connectivity index (χ1) is 23.8. The van der Waals surface area contributed by atoms with E-state index in [1.807, 2.05) is 42.5 Å². The zero-order valence-electron chi connectivity index (χ0n) is 29.2. The van der Waals surface area contributed by atoms with Crippen molar-refractivity contribution in [1.82, 2.24) is 4.90 Å². The van der Waals surface area contributed by atoms with E-state index in [0.29, 0.717) is 12.2 Å². The molecule has 3 aromatic carbocycles. The molecule has 6 rings (SSSR count). The number of hydrogen-bond acceptors (Lipinski definition) is 7. The number of ether oxygens (including phenoxy) is 2. The Kier molecular flexibility index (Phi) is 10.3. The smallest absolute Gasteiger partial charge is 0.264 e. The molecular weight excluding hydrogens is 718 g/mol. The van der Waals surface area contributed by atoms with Crippen LogP contribution in [0.2, 0.25) is 18.6 Å². The van der Waals surface area contributed by atoms with Crippen LogP contribution in [0.4, 0.5) is 11.4 Å². The van der Waals surface area contributed by atoms with Crippen LogP contribution in [0.25, 0.3) is 0 Å². The van der Waals surface area contributed by atoms with Crippen molar-refractivity contribution in [3.05, 3.63) is 82.3 Å². The zero-order valence-corrected chi connectivity index (χ0v) is 31.8. The Labute approximate surface area is 302 Å². The number of aliphatic hydroxyl groups is 2. The fourth-order valence-electron chi connectivity index (χ4n) is 8.41. The van der Waals surface area contributed by atoms with Crippen LogP contribution in [0.5, 0.6) is 5.75 Å². The number of nitrogens with zero attached hydrogens (tertiary/aromatic N) is 2. The number of fused-ring (bicyclic) bond motifs is 2. The van der Waals surface area contributed by atoms with Gasteiger partial charge in [-0.1, -0.05) is 65.4 Å². The number of hydrogen-bond donors (Lipinski definition) is 3. The van der Waals surface area contributed by atoms with Crippen LogP contribution in [0.1, 0.15) is 44.2 Å². The number of anilines is 2. The summed E-state index contributed by atoms with van der Waals surface area (Å²) in [6.07, 6.45) is 0.0714. The second-order valence-corrected chi connectivity index (χ2v) is 19.9. The van der Waals surface area contributed by atoms with Crippen LogP contribution >= 0.6 is 15.9 Å². The van der Waals surface area contributed by atoms with Crippen molar-refractivity contribution in [2.45, 2.75) is 82.1 Å². The summed E-state index contributed by atoms with van der Waals surface area (Å²) in [6.45, 7) is 8.89. The van der Waals surface area contributed by atoms with Gasteiger partial charge in [0.05, 0.1) is 52.6 Å². The molecule has 2 fully saturated rings. The minimum absolute atomic E-state index is 0.0557. The van der Waals surface area contributed by atoms with Crippen LogP contribution in [0.3, 0.4) is 0 Å². The normalized spacial score (nSPS) is 25.2. The molecule has 3 amide bonds. The Morgan fingerprint density at radius 2 is 1.82 bits per heavy atom. The lowest BCUT2D eigenvalue weighted by Gasteiger charge is -2.37. The Hall–Kier alpha value is -3.55. The van der Waals surface area contributed by atoms with Crippen LogP contribution in [-0.4, -0.2) is 79.4 Å². The maximum Gasteiger partial charge on any atom is 0.264 e. The molecule has 3 heterocycles. The predicted octanol–water partition coefficient (Wildman–Crippen LogP) is 4.91. The molecule has 0 aromatic heterocycles. The van der Waals surface area contributed by atoms with Gasteiger partial charge >= 0.3 is 0 Å². The minimum Gasteiger partial charge on any atom is -0.497 e. The molecule has 3 N–H and O–H groups in total. The van der Waals surface area contributed by atoms with Crippen LogP contribution in [0.15, 0.2) is 71.2 Å². The second kappa shape index (κ2) is 14.2. The monoisotopic (exact) mass is 763 g/mol. The highest BCUT2D eigenvalue weighted by atomic mass is 79.9. The summed E-state index contributed by atoms with van der Waals surface area (Å²) in [4.78, 5) is 44.6. The molecule has 0 bridgehead atoms. The van der Waals surface area contributed by atoms with E-state index < -0.39 is 31.8 Å². The number of halogens is 1. The van der Waals surface area contributed by atoms with E-state index in [2.05, 4.69) is 53.4 Å². The summed E-state index contributed by atoms with van der Waals surface area (Å²) in [5.41, 5.74) is 1.50. The summed E-state index contributed by atoms with van der Waals surface area (Å²) in [6, 6.07) is 21.0. The lowest BCUT2D eigenvalue weighted by molar-refractivity contribution is -0.150. The topological polar surface area (TPSA) is 129 Å².